The quantitative estimate of drug-likeness (QED) is 0.484. The smallest absolute Gasteiger partial charge is 0.331 e. The van der Waals surface area contributed by atoms with Crippen LogP contribution in [0.5, 0.6) is 0 Å². The van der Waals surface area contributed by atoms with E-state index in [-0.39, 0.29) is 5.91 Å². The van der Waals surface area contributed by atoms with Gasteiger partial charge in [-0.3, -0.25) is 4.79 Å². The first-order chi connectivity index (χ1) is 8.52. The summed E-state index contributed by atoms with van der Waals surface area (Å²) in [4.78, 5) is 22.9. The van der Waals surface area contributed by atoms with Crippen molar-refractivity contribution in [3.05, 3.63) is 0 Å². The number of esters is 1. The van der Waals surface area contributed by atoms with Crippen LogP contribution in [0.25, 0.3) is 0 Å². The Labute approximate surface area is 109 Å². The lowest BCUT2D eigenvalue weighted by Crippen LogP contribution is -2.48. The van der Waals surface area contributed by atoms with Gasteiger partial charge in [0, 0.05) is 6.42 Å². The molecule has 0 rings (SSSR count). The summed E-state index contributed by atoms with van der Waals surface area (Å²) in [6.45, 7) is 3.58. The highest BCUT2D eigenvalue weighted by atomic mass is 16.5. The van der Waals surface area contributed by atoms with Gasteiger partial charge in [-0.2, -0.15) is 0 Å². The third-order valence-electron chi connectivity index (χ3n) is 2.76. The molecule has 0 heterocycles. The van der Waals surface area contributed by atoms with E-state index in [9.17, 15) is 14.7 Å². The van der Waals surface area contributed by atoms with Gasteiger partial charge in [0.1, 0.15) is 0 Å². The molecular weight excluding hydrogens is 234 g/mol. The van der Waals surface area contributed by atoms with E-state index in [1.807, 2.05) is 0 Å². The topological polar surface area (TPSA) is 75.6 Å². The summed E-state index contributed by atoms with van der Waals surface area (Å²) in [6, 6.07) is -0.974. The molecule has 5 nitrogen and oxygen atoms in total. The number of methoxy groups -OCH3 is 1. The van der Waals surface area contributed by atoms with E-state index in [1.54, 1.807) is 0 Å². The number of hydrogen-bond donors (Lipinski definition) is 2. The van der Waals surface area contributed by atoms with E-state index >= 15 is 0 Å². The minimum Gasteiger partial charge on any atom is -0.467 e. The Balaban J connectivity index is 3.92. The SMILES string of the molecule is CCCCCCCC(=O)N[C@H](C(=O)OC)C(C)O. The molecule has 0 fully saturated rings. The van der Waals surface area contributed by atoms with Crippen LogP contribution in [-0.2, 0) is 14.3 Å². The molecule has 2 atom stereocenters. The molecule has 0 aromatic rings. The number of rotatable bonds is 9. The van der Waals surface area contributed by atoms with Crippen molar-refractivity contribution < 1.29 is 19.4 Å². The summed E-state index contributed by atoms with van der Waals surface area (Å²) in [5, 5.41) is 11.9. The van der Waals surface area contributed by atoms with Crippen molar-refractivity contribution in [2.24, 2.45) is 0 Å². The van der Waals surface area contributed by atoms with Crippen LogP contribution in [0, 0.1) is 0 Å². The molecule has 0 bridgehead atoms. The molecular formula is C13H25NO4. The molecule has 0 spiro atoms. The molecule has 5 heteroatoms. The molecule has 0 saturated heterocycles. The van der Waals surface area contributed by atoms with Crippen molar-refractivity contribution in [3.63, 3.8) is 0 Å². The van der Waals surface area contributed by atoms with Crippen LogP contribution >= 0.6 is 0 Å². The first-order valence-corrected chi connectivity index (χ1v) is 6.58. The standard InChI is InChI=1S/C13H25NO4/c1-4-5-6-7-8-9-11(16)14-12(10(2)15)13(17)18-3/h10,12,15H,4-9H2,1-3H3,(H,14,16)/t10?,12-/m0/s1. The molecule has 1 unspecified atom stereocenters. The second kappa shape index (κ2) is 9.88. The molecule has 0 aliphatic carbocycles. The first kappa shape index (κ1) is 16.9. The number of carbonyl (C=O) groups excluding carboxylic acids is 2. The fourth-order valence-corrected chi connectivity index (χ4v) is 1.64. The zero-order valence-corrected chi connectivity index (χ0v) is 11.6. The van der Waals surface area contributed by atoms with Crippen LogP contribution in [0.3, 0.4) is 0 Å². The second-order valence-corrected chi connectivity index (χ2v) is 4.47. The Morgan fingerprint density at radius 1 is 1.22 bits per heavy atom. The maximum atomic E-state index is 11.6. The van der Waals surface area contributed by atoms with Crippen molar-refractivity contribution >= 4 is 11.9 Å². The van der Waals surface area contributed by atoms with Crippen LogP contribution in [0.4, 0.5) is 0 Å². The molecule has 106 valence electrons. The summed E-state index contributed by atoms with van der Waals surface area (Å²) in [7, 11) is 1.23. The van der Waals surface area contributed by atoms with Crippen LogP contribution < -0.4 is 5.32 Å². The Morgan fingerprint density at radius 3 is 2.33 bits per heavy atom. The summed E-state index contributed by atoms with van der Waals surface area (Å²) in [6.07, 6.45) is 4.71. The summed E-state index contributed by atoms with van der Waals surface area (Å²) >= 11 is 0. The normalized spacial score (nSPS) is 13.8. The monoisotopic (exact) mass is 259 g/mol. The van der Waals surface area contributed by atoms with Gasteiger partial charge in [0.2, 0.25) is 5.91 Å². The third-order valence-corrected chi connectivity index (χ3v) is 2.76. The number of nitrogens with one attached hydrogen (secondary N) is 1. The molecule has 2 N–H and O–H groups in total. The molecule has 0 aromatic carbocycles. The lowest BCUT2D eigenvalue weighted by Gasteiger charge is -2.18. The zero-order chi connectivity index (χ0) is 14.0. The average Bonchev–Trinajstić information content (AvgIpc) is 2.34. The van der Waals surface area contributed by atoms with Crippen LogP contribution in [-0.4, -0.2) is 36.2 Å². The highest BCUT2D eigenvalue weighted by molar-refractivity contribution is 5.84. The fourth-order valence-electron chi connectivity index (χ4n) is 1.64. The average molecular weight is 259 g/mol. The number of aliphatic hydroxyl groups excluding tert-OH is 1. The van der Waals surface area contributed by atoms with E-state index in [1.165, 1.54) is 26.9 Å². The van der Waals surface area contributed by atoms with Crippen molar-refractivity contribution in [1.82, 2.24) is 5.32 Å². The van der Waals surface area contributed by atoms with Crippen LogP contribution in [0.2, 0.25) is 0 Å². The van der Waals surface area contributed by atoms with E-state index < -0.39 is 18.1 Å². The van der Waals surface area contributed by atoms with Gasteiger partial charge in [0.15, 0.2) is 6.04 Å². The molecule has 0 aliphatic heterocycles. The summed E-state index contributed by atoms with van der Waals surface area (Å²) in [5.74, 6) is -0.841. The highest BCUT2D eigenvalue weighted by Crippen LogP contribution is 2.05. The van der Waals surface area contributed by atoms with Gasteiger partial charge < -0.3 is 15.2 Å². The highest BCUT2D eigenvalue weighted by Gasteiger charge is 2.25. The van der Waals surface area contributed by atoms with Gasteiger partial charge in [0.25, 0.3) is 0 Å². The largest absolute Gasteiger partial charge is 0.467 e. The molecule has 18 heavy (non-hydrogen) atoms. The minimum absolute atomic E-state index is 0.220. The fraction of sp³-hybridized carbons (Fsp3) is 0.846. The van der Waals surface area contributed by atoms with E-state index in [4.69, 9.17) is 0 Å². The third kappa shape index (κ3) is 7.27. The number of amides is 1. The molecule has 0 saturated carbocycles. The van der Waals surface area contributed by atoms with Gasteiger partial charge in [-0.1, -0.05) is 32.6 Å². The van der Waals surface area contributed by atoms with Crippen LogP contribution in [0.1, 0.15) is 52.4 Å². The maximum Gasteiger partial charge on any atom is 0.331 e. The number of carbonyl (C=O) groups is 2. The Morgan fingerprint density at radius 2 is 1.83 bits per heavy atom. The number of aliphatic hydroxyl groups is 1. The number of hydrogen-bond acceptors (Lipinski definition) is 4. The van der Waals surface area contributed by atoms with Crippen molar-refractivity contribution in [3.8, 4) is 0 Å². The zero-order valence-electron chi connectivity index (χ0n) is 11.6. The molecule has 0 aliphatic rings. The lowest BCUT2D eigenvalue weighted by molar-refractivity contribution is -0.148. The Hall–Kier alpha value is -1.10. The minimum atomic E-state index is -0.974. The first-order valence-electron chi connectivity index (χ1n) is 6.58. The van der Waals surface area contributed by atoms with Gasteiger partial charge in [-0.05, 0) is 13.3 Å². The maximum absolute atomic E-state index is 11.6. The van der Waals surface area contributed by atoms with E-state index in [0.717, 1.165) is 19.3 Å². The predicted molar refractivity (Wildman–Crippen MR) is 69.0 cm³/mol. The Kier molecular flexibility index (Phi) is 9.28. The molecule has 0 aromatic heterocycles. The Bertz CT molecular complexity index is 253. The summed E-state index contributed by atoms with van der Waals surface area (Å²) < 4.78 is 4.52. The van der Waals surface area contributed by atoms with Gasteiger partial charge in [-0.15, -0.1) is 0 Å². The molecule has 0 radical (unpaired) electrons. The molecule has 1 amide bonds. The lowest BCUT2D eigenvalue weighted by atomic mass is 10.1. The van der Waals surface area contributed by atoms with Crippen molar-refractivity contribution in [1.29, 1.82) is 0 Å². The summed E-state index contributed by atoms with van der Waals surface area (Å²) in [5.41, 5.74) is 0. The van der Waals surface area contributed by atoms with E-state index in [0.29, 0.717) is 6.42 Å². The van der Waals surface area contributed by atoms with Gasteiger partial charge in [0.05, 0.1) is 13.2 Å². The number of ether oxygens (including phenoxy) is 1. The number of unbranched alkanes of at least 4 members (excludes halogenated alkanes) is 4. The van der Waals surface area contributed by atoms with E-state index in [2.05, 4.69) is 17.0 Å². The second-order valence-electron chi connectivity index (χ2n) is 4.47. The van der Waals surface area contributed by atoms with Crippen molar-refractivity contribution in [2.45, 2.75) is 64.5 Å². The van der Waals surface area contributed by atoms with Crippen LogP contribution in [0.15, 0.2) is 0 Å². The predicted octanol–water partition coefficient (Wildman–Crippen LogP) is 1.39. The van der Waals surface area contributed by atoms with Gasteiger partial charge in [-0.25, -0.2) is 4.79 Å². The van der Waals surface area contributed by atoms with Gasteiger partial charge >= 0.3 is 5.97 Å². The van der Waals surface area contributed by atoms with Crippen molar-refractivity contribution in [2.75, 3.05) is 7.11 Å².